The highest BCUT2D eigenvalue weighted by Crippen LogP contribution is 1.87. The van der Waals surface area contributed by atoms with Crippen molar-refractivity contribution < 1.29 is 14.3 Å². The predicted octanol–water partition coefficient (Wildman–Crippen LogP) is -0.0851. The topological polar surface area (TPSA) is 61.5 Å². The maximum Gasteiger partial charge on any atom is 0.331 e. The van der Waals surface area contributed by atoms with Gasteiger partial charge in [-0.1, -0.05) is 0 Å². The van der Waals surface area contributed by atoms with Crippen LogP contribution in [0.3, 0.4) is 0 Å². The Morgan fingerprint density at radius 1 is 1.45 bits per heavy atom. The van der Waals surface area contributed by atoms with Gasteiger partial charge in [0.15, 0.2) is 0 Å². The van der Waals surface area contributed by atoms with Crippen LogP contribution in [0.4, 0.5) is 0 Å². The van der Waals surface area contributed by atoms with E-state index in [2.05, 4.69) is 4.74 Å². The zero-order valence-corrected chi connectivity index (χ0v) is 6.84. The van der Waals surface area contributed by atoms with Crippen LogP contribution < -0.4 is 5.73 Å². The summed E-state index contributed by atoms with van der Waals surface area (Å²) in [6, 6.07) is 0. The molecule has 0 aromatic rings. The fourth-order valence-electron chi connectivity index (χ4n) is 0.563. The zero-order chi connectivity index (χ0) is 8.53. The number of hydrogen-bond acceptors (Lipinski definition) is 4. The van der Waals surface area contributed by atoms with Crippen LogP contribution in [0.25, 0.3) is 0 Å². The maximum absolute atomic E-state index is 10.5. The van der Waals surface area contributed by atoms with Crippen molar-refractivity contribution in [3.8, 4) is 0 Å². The van der Waals surface area contributed by atoms with E-state index in [1.54, 1.807) is 0 Å². The van der Waals surface area contributed by atoms with Gasteiger partial charge in [0, 0.05) is 6.61 Å². The van der Waals surface area contributed by atoms with Crippen molar-refractivity contribution in [2.75, 3.05) is 26.9 Å². The Hall–Kier alpha value is -0.610. The van der Waals surface area contributed by atoms with Crippen molar-refractivity contribution in [3.63, 3.8) is 0 Å². The summed E-state index contributed by atoms with van der Waals surface area (Å²) >= 11 is 0. The van der Waals surface area contributed by atoms with Crippen molar-refractivity contribution in [2.24, 2.45) is 5.73 Å². The molecule has 0 aliphatic rings. The van der Waals surface area contributed by atoms with Gasteiger partial charge in [0.05, 0.1) is 7.11 Å². The molecule has 0 amide bonds. The molecule has 0 heterocycles. The number of hydrogen-bond donors (Lipinski definition) is 1. The molecule has 0 aromatic heterocycles. The van der Waals surface area contributed by atoms with Gasteiger partial charge >= 0.3 is 5.97 Å². The molecule has 0 radical (unpaired) electrons. The lowest BCUT2D eigenvalue weighted by Gasteiger charge is -2.00. The molecule has 4 nitrogen and oxygen atoms in total. The highest BCUT2D eigenvalue weighted by atomic mass is 16.6. The molecule has 0 saturated carbocycles. The number of rotatable bonds is 6. The van der Waals surface area contributed by atoms with Crippen LogP contribution in [-0.4, -0.2) is 32.8 Å². The first-order valence-electron chi connectivity index (χ1n) is 3.66. The van der Waals surface area contributed by atoms with Crippen LogP contribution in [0, 0.1) is 0 Å². The van der Waals surface area contributed by atoms with E-state index in [1.165, 1.54) is 7.11 Å². The van der Waals surface area contributed by atoms with E-state index in [1.807, 2.05) is 0 Å². The molecular formula is C7H15NO3. The summed E-state index contributed by atoms with van der Waals surface area (Å²) in [5, 5.41) is 0. The van der Waals surface area contributed by atoms with E-state index in [-0.39, 0.29) is 12.6 Å². The monoisotopic (exact) mass is 161 g/mol. The number of methoxy groups -OCH3 is 1. The fourth-order valence-corrected chi connectivity index (χ4v) is 0.563. The molecule has 0 aliphatic carbocycles. The van der Waals surface area contributed by atoms with E-state index in [4.69, 9.17) is 10.5 Å². The fraction of sp³-hybridized carbons (Fsp3) is 0.857. The van der Waals surface area contributed by atoms with E-state index < -0.39 is 0 Å². The SMILES string of the molecule is COC(=O)COCCCCN. The van der Waals surface area contributed by atoms with Gasteiger partial charge in [0.1, 0.15) is 6.61 Å². The minimum atomic E-state index is -0.335. The number of unbranched alkanes of at least 4 members (excludes halogenated alkanes) is 1. The summed E-state index contributed by atoms with van der Waals surface area (Å²) in [5.41, 5.74) is 5.25. The number of ether oxygens (including phenoxy) is 2. The van der Waals surface area contributed by atoms with Gasteiger partial charge in [0.25, 0.3) is 0 Å². The standard InChI is InChI=1S/C7H15NO3/c1-10-7(9)6-11-5-3-2-4-8/h2-6,8H2,1H3. The lowest BCUT2D eigenvalue weighted by atomic mass is 10.3. The average Bonchev–Trinajstić information content (AvgIpc) is 2.04. The first-order chi connectivity index (χ1) is 5.31. The quantitative estimate of drug-likeness (QED) is 0.437. The van der Waals surface area contributed by atoms with Gasteiger partial charge in [-0.2, -0.15) is 0 Å². The molecule has 0 aliphatic heterocycles. The third-order valence-electron chi connectivity index (χ3n) is 1.19. The molecule has 0 aromatic carbocycles. The van der Waals surface area contributed by atoms with Gasteiger partial charge in [-0.25, -0.2) is 4.79 Å². The van der Waals surface area contributed by atoms with Gasteiger partial charge in [-0.05, 0) is 19.4 Å². The Labute approximate surface area is 66.7 Å². The summed E-state index contributed by atoms with van der Waals surface area (Å²) in [4.78, 5) is 10.5. The van der Waals surface area contributed by atoms with Crippen molar-refractivity contribution in [1.82, 2.24) is 0 Å². The number of carbonyl (C=O) groups is 1. The number of esters is 1. The highest BCUT2D eigenvalue weighted by Gasteiger charge is 1.97. The van der Waals surface area contributed by atoms with Gasteiger partial charge in [0.2, 0.25) is 0 Å². The first-order valence-corrected chi connectivity index (χ1v) is 3.66. The molecule has 0 unspecified atom stereocenters. The lowest BCUT2D eigenvalue weighted by molar-refractivity contribution is -0.145. The minimum Gasteiger partial charge on any atom is -0.467 e. The molecule has 4 heteroatoms. The smallest absolute Gasteiger partial charge is 0.331 e. The Morgan fingerprint density at radius 3 is 2.73 bits per heavy atom. The van der Waals surface area contributed by atoms with Crippen LogP contribution in [0.15, 0.2) is 0 Å². The predicted molar refractivity (Wildman–Crippen MR) is 41.1 cm³/mol. The Morgan fingerprint density at radius 2 is 2.18 bits per heavy atom. The highest BCUT2D eigenvalue weighted by molar-refractivity contribution is 5.70. The van der Waals surface area contributed by atoms with E-state index in [0.717, 1.165) is 12.8 Å². The first kappa shape index (κ1) is 10.4. The van der Waals surface area contributed by atoms with Gasteiger partial charge in [-0.3, -0.25) is 0 Å². The summed E-state index contributed by atoms with van der Waals surface area (Å²) in [6.07, 6.45) is 1.83. The van der Waals surface area contributed by atoms with E-state index >= 15 is 0 Å². The summed E-state index contributed by atoms with van der Waals surface area (Å²) in [6.45, 7) is 1.29. The molecule has 0 rings (SSSR count). The second-order valence-corrected chi connectivity index (χ2v) is 2.12. The minimum absolute atomic E-state index is 0.0427. The second kappa shape index (κ2) is 7.50. The maximum atomic E-state index is 10.5. The molecule has 11 heavy (non-hydrogen) atoms. The van der Waals surface area contributed by atoms with Crippen molar-refractivity contribution in [2.45, 2.75) is 12.8 Å². The third kappa shape index (κ3) is 7.29. The second-order valence-electron chi connectivity index (χ2n) is 2.12. The summed E-state index contributed by atoms with van der Waals surface area (Å²) in [5.74, 6) is -0.335. The third-order valence-corrected chi connectivity index (χ3v) is 1.19. The van der Waals surface area contributed by atoms with Crippen LogP contribution in [-0.2, 0) is 14.3 Å². The molecular weight excluding hydrogens is 146 g/mol. The van der Waals surface area contributed by atoms with Crippen molar-refractivity contribution in [1.29, 1.82) is 0 Å². The van der Waals surface area contributed by atoms with Crippen LogP contribution in [0.2, 0.25) is 0 Å². The van der Waals surface area contributed by atoms with Crippen molar-refractivity contribution in [3.05, 3.63) is 0 Å². The number of carbonyl (C=O) groups excluding carboxylic acids is 1. The van der Waals surface area contributed by atoms with Gasteiger partial charge in [-0.15, -0.1) is 0 Å². The lowest BCUT2D eigenvalue weighted by Crippen LogP contribution is -2.11. The molecule has 0 bridgehead atoms. The molecule has 2 N–H and O–H groups in total. The molecule has 66 valence electrons. The van der Waals surface area contributed by atoms with Crippen LogP contribution in [0.1, 0.15) is 12.8 Å². The molecule has 0 fully saturated rings. The van der Waals surface area contributed by atoms with Crippen molar-refractivity contribution >= 4 is 5.97 Å². The average molecular weight is 161 g/mol. The van der Waals surface area contributed by atoms with Crippen LogP contribution in [0.5, 0.6) is 0 Å². The van der Waals surface area contributed by atoms with E-state index in [9.17, 15) is 4.79 Å². The molecule has 0 saturated heterocycles. The number of nitrogens with two attached hydrogens (primary N) is 1. The van der Waals surface area contributed by atoms with E-state index in [0.29, 0.717) is 13.2 Å². The Bertz CT molecular complexity index is 106. The van der Waals surface area contributed by atoms with Crippen LogP contribution >= 0.6 is 0 Å². The molecule has 0 atom stereocenters. The normalized spacial score (nSPS) is 9.64. The Kier molecular flexibility index (Phi) is 7.08. The van der Waals surface area contributed by atoms with Gasteiger partial charge < -0.3 is 15.2 Å². The zero-order valence-electron chi connectivity index (χ0n) is 6.84. The Balaban J connectivity index is 2.95. The summed E-state index contributed by atoms with van der Waals surface area (Å²) < 4.78 is 9.33. The molecule has 0 spiro atoms. The summed E-state index contributed by atoms with van der Waals surface area (Å²) in [7, 11) is 1.34. The largest absolute Gasteiger partial charge is 0.467 e.